The fourth-order valence-corrected chi connectivity index (χ4v) is 1.68. The predicted molar refractivity (Wildman–Crippen MR) is 54.9 cm³/mol. The summed E-state index contributed by atoms with van der Waals surface area (Å²) in [7, 11) is 1.61. The molecule has 0 saturated heterocycles. The second-order valence-corrected chi connectivity index (χ2v) is 3.70. The summed E-state index contributed by atoms with van der Waals surface area (Å²) in [6.45, 7) is 1.75. The van der Waals surface area contributed by atoms with E-state index in [4.69, 9.17) is 10.5 Å². The van der Waals surface area contributed by atoms with Crippen LogP contribution in [0.15, 0.2) is 0 Å². The van der Waals surface area contributed by atoms with Gasteiger partial charge in [0.2, 0.25) is 5.91 Å². The first-order valence-corrected chi connectivity index (χ1v) is 5.28. The number of methoxy groups -OCH3 is 1. The molecule has 0 radical (unpaired) electrons. The Labute approximate surface area is 85.4 Å². The van der Waals surface area contributed by atoms with Gasteiger partial charge in [-0.2, -0.15) is 0 Å². The molecule has 1 fully saturated rings. The van der Waals surface area contributed by atoms with Crippen molar-refractivity contribution in [3.8, 4) is 0 Å². The van der Waals surface area contributed by atoms with Gasteiger partial charge in [0.05, 0.1) is 13.0 Å². The fourth-order valence-electron chi connectivity index (χ4n) is 1.68. The first kappa shape index (κ1) is 11.5. The molecule has 0 aromatic heterocycles. The van der Waals surface area contributed by atoms with E-state index in [1.165, 1.54) is 6.42 Å². The van der Waals surface area contributed by atoms with Crippen molar-refractivity contribution in [1.29, 1.82) is 0 Å². The molecule has 1 amide bonds. The highest BCUT2D eigenvalue weighted by molar-refractivity contribution is 5.76. The Morgan fingerprint density at radius 3 is 2.71 bits per heavy atom. The minimum atomic E-state index is 0.182. The Kier molecular flexibility index (Phi) is 4.90. The molecule has 0 aliphatic heterocycles. The number of ether oxygens (including phenoxy) is 1. The summed E-state index contributed by atoms with van der Waals surface area (Å²) in [5, 5.41) is 0. The fraction of sp³-hybridized carbons (Fsp3) is 0.900. The average molecular weight is 200 g/mol. The van der Waals surface area contributed by atoms with Gasteiger partial charge in [-0.1, -0.05) is 0 Å². The lowest BCUT2D eigenvalue weighted by Crippen LogP contribution is -2.46. The Hall–Kier alpha value is -0.610. The third-order valence-electron chi connectivity index (χ3n) is 2.73. The minimum absolute atomic E-state index is 0.182. The molecule has 4 nitrogen and oxygen atoms in total. The van der Waals surface area contributed by atoms with Crippen LogP contribution in [0.4, 0.5) is 0 Å². The highest BCUT2D eigenvalue weighted by Crippen LogP contribution is 2.24. The predicted octanol–water partition coefficient (Wildman–Crippen LogP) is 0.363. The zero-order chi connectivity index (χ0) is 10.4. The Morgan fingerprint density at radius 2 is 2.29 bits per heavy atom. The molecule has 4 heteroatoms. The first-order chi connectivity index (χ1) is 6.79. The van der Waals surface area contributed by atoms with Crippen LogP contribution >= 0.6 is 0 Å². The quantitative estimate of drug-likeness (QED) is 0.673. The summed E-state index contributed by atoms with van der Waals surface area (Å²) in [5.41, 5.74) is 5.49. The van der Waals surface area contributed by atoms with Crippen molar-refractivity contribution >= 4 is 5.91 Å². The minimum Gasteiger partial charge on any atom is -0.384 e. The topological polar surface area (TPSA) is 55.6 Å². The second-order valence-electron chi connectivity index (χ2n) is 3.70. The van der Waals surface area contributed by atoms with Gasteiger partial charge in [0.25, 0.3) is 0 Å². The van der Waals surface area contributed by atoms with E-state index in [1.807, 2.05) is 4.90 Å². The third-order valence-corrected chi connectivity index (χ3v) is 2.73. The van der Waals surface area contributed by atoms with Crippen LogP contribution in [0.1, 0.15) is 25.7 Å². The van der Waals surface area contributed by atoms with E-state index in [2.05, 4.69) is 0 Å². The maximum atomic E-state index is 11.7. The molecule has 1 rings (SSSR count). The largest absolute Gasteiger partial charge is 0.384 e. The number of amides is 1. The number of hydrogen-bond acceptors (Lipinski definition) is 3. The molecule has 0 aromatic rings. The monoisotopic (exact) mass is 200 g/mol. The van der Waals surface area contributed by atoms with Crippen LogP contribution in [0.2, 0.25) is 0 Å². The molecular formula is C10H20N2O2. The highest BCUT2D eigenvalue weighted by Gasteiger charge is 2.27. The van der Waals surface area contributed by atoms with Gasteiger partial charge in [-0.3, -0.25) is 4.79 Å². The number of carbonyl (C=O) groups is 1. The normalized spacial score (nSPS) is 16.4. The van der Waals surface area contributed by atoms with Crippen molar-refractivity contribution in [1.82, 2.24) is 4.90 Å². The van der Waals surface area contributed by atoms with Crippen LogP contribution < -0.4 is 5.73 Å². The molecule has 1 aliphatic carbocycles. The molecular weight excluding hydrogens is 180 g/mol. The van der Waals surface area contributed by atoms with Gasteiger partial charge < -0.3 is 15.4 Å². The van der Waals surface area contributed by atoms with Crippen molar-refractivity contribution in [2.45, 2.75) is 31.7 Å². The van der Waals surface area contributed by atoms with Crippen LogP contribution in [0.25, 0.3) is 0 Å². The highest BCUT2D eigenvalue weighted by atomic mass is 16.5. The van der Waals surface area contributed by atoms with Crippen molar-refractivity contribution < 1.29 is 9.53 Å². The first-order valence-electron chi connectivity index (χ1n) is 5.28. The lowest BCUT2D eigenvalue weighted by molar-refractivity contribution is -0.136. The van der Waals surface area contributed by atoms with Crippen LogP contribution in [-0.2, 0) is 9.53 Å². The number of nitrogens with two attached hydrogens (primary N) is 1. The summed E-state index contributed by atoms with van der Waals surface area (Å²) in [5.74, 6) is 0.182. The van der Waals surface area contributed by atoms with Crippen LogP contribution in [-0.4, -0.2) is 43.7 Å². The Balaban J connectivity index is 2.35. The number of hydrogen-bond donors (Lipinski definition) is 1. The van der Waals surface area contributed by atoms with E-state index in [0.717, 1.165) is 12.8 Å². The van der Waals surface area contributed by atoms with Gasteiger partial charge in [0, 0.05) is 26.2 Å². The second kappa shape index (κ2) is 5.98. The van der Waals surface area contributed by atoms with Crippen LogP contribution in [0.3, 0.4) is 0 Å². The van der Waals surface area contributed by atoms with Gasteiger partial charge in [-0.25, -0.2) is 0 Å². The van der Waals surface area contributed by atoms with Crippen molar-refractivity contribution in [3.63, 3.8) is 0 Å². The zero-order valence-electron chi connectivity index (χ0n) is 8.87. The van der Waals surface area contributed by atoms with Gasteiger partial charge in [0.1, 0.15) is 0 Å². The molecule has 14 heavy (non-hydrogen) atoms. The smallest absolute Gasteiger partial charge is 0.225 e. The van der Waals surface area contributed by atoms with E-state index in [-0.39, 0.29) is 5.91 Å². The molecule has 0 heterocycles. The Bertz CT molecular complexity index is 181. The van der Waals surface area contributed by atoms with E-state index in [0.29, 0.717) is 32.2 Å². The number of carbonyl (C=O) groups excluding carboxylic acids is 1. The summed E-state index contributed by atoms with van der Waals surface area (Å²) in [4.78, 5) is 13.6. The molecule has 0 aromatic carbocycles. The molecule has 1 aliphatic rings. The summed E-state index contributed by atoms with van der Waals surface area (Å²) in [6, 6.07) is 0.447. The standard InChI is InChI=1S/C10H20N2O2/c1-14-8-5-10(13)12(7-6-11)9-3-2-4-9/h9H,2-8,11H2,1H3. The van der Waals surface area contributed by atoms with E-state index >= 15 is 0 Å². The molecule has 82 valence electrons. The van der Waals surface area contributed by atoms with Gasteiger partial charge in [0.15, 0.2) is 0 Å². The number of nitrogens with zero attached hydrogens (tertiary/aromatic N) is 1. The van der Waals surface area contributed by atoms with Gasteiger partial charge >= 0.3 is 0 Å². The molecule has 0 spiro atoms. The van der Waals surface area contributed by atoms with Crippen LogP contribution in [0, 0.1) is 0 Å². The lowest BCUT2D eigenvalue weighted by Gasteiger charge is -2.37. The van der Waals surface area contributed by atoms with Crippen molar-refractivity contribution in [3.05, 3.63) is 0 Å². The number of rotatable bonds is 6. The van der Waals surface area contributed by atoms with E-state index in [9.17, 15) is 4.79 Å². The third kappa shape index (κ3) is 2.96. The maximum absolute atomic E-state index is 11.7. The van der Waals surface area contributed by atoms with Crippen LogP contribution in [0.5, 0.6) is 0 Å². The lowest BCUT2D eigenvalue weighted by atomic mass is 9.91. The summed E-state index contributed by atoms with van der Waals surface area (Å²) >= 11 is 0. The Morgan fingerprint density at radius 1 is 1.57 bits per heavy atom. The van der Waals surface area contributed by atoms with Gasteiger partial charge in [-0.15, -0.1) is 0 Å². The zero-order valence-corrected chi connectivity index (χ0v) is 8.87. The van der Waals surface area contributed by atoms with Gasteiger partial charge in [-0.05, 0) is 19.3 Å². The summed E-state index contributed by atoms with van der Waals surface area (Å²) in [6.07, 6.45) is 3.99. The van der Waals surface area contributed by atoms with Crippen molar-refractivity contribution in [2.24, 2.45) is 5.73 Å². The van der Waals surface area contributed by atoms with E-state index < -0.39 is 0 Å². The molecule has 0 bridgehead atoms. The molecule has 2 N–H and O–H groups in total. The maximum Gasteiger partial charge on any atom is 0.225 e. The van der Waals surface area contributed by atoms with E-state index in [1.54, 1.807) is 7.11 Å². The average Bonchev–Trinajstić information content (AvgIpc) is 2.10. The SMILES string of the molecule is COCCC(=O)N(CCN)C1CCC1. The molecule has 0 unspecified atom stereocenters. The summed E-state index contributed by atoms with van der Waals surface area (Å²) < 4.78 is 4.89. The van der Waals surface area contributed by atoms with Crippen molar-refractivity contribution in [2.75, 3.05) is 26.8 Å². The molecule has 0 atom stereocenters. The molecule has 1 saturated carbocycles.